The summed E-state index contributed by atoms with van der Waals surface area (Å²) in [7, 11) is 6.58. The van der Waals surface area contributed by atoms with Crippen molar-refractivity contribution in [2.45, 2.75) is 38.0 Å². The maximum atomic E-state index is 14.2. The van der Waals surface area contributed by atoms with Gasteiger partial charge in [0.1, 0.15) is 17.1 Å². The number of phenols is 1. The molecule has 13 nitrogen and oxygen atoms in total. The first-order valence-corrected chi connectivity index (χ1v) is 14.0. The number of aliphatic hydroxyl groups is 2. The quantitative estimate of drug-likeness (QED) is 0.187. The lowest BCUT2D eigenvalue weighted by Crippen LogP contribution is -2.68. The highest BCUT2D eigenvalue weighted by molar-refractivity contribution is 6.25. The number of ether oxygens (including phenoxy) is 1. The van der Waals surface area contributed by atoms with Gasteiger partial charge in [0.2, 0.25) is 0 Å². The molecule has 4 rings (SSSR count). The Morgan fingerprint density at radius 3 is 2.35 bits per heavy atom. The number of hydrogen-bond acceptors (Lipinski definition) is 11. The number of nitrogens with zero attached hydrogens (tertiary/aromatic N) is 3. The first-order valence-electron chi connectivity index (χ1n) is 14.0. The lowest BCUT2D eigenvalue weighted by Gasteiger charge is -2.52. The van der Waals surface area contributed by atoms with Crippen LogP contribution in [0.3, 0.4) is 0 Å². The Kier molecular flexibility index (Phi) is 8.44. The number of ketones is 3. The molecule has 0 aliphatic heterocycles. The van der Waals surface area contributed by atoms with Crippen LogP contribution in [0, 0.1) is 17.8 Å². The second-order valence-corrected chi connectivity index (χ2v) is 11.7. The molecule has 43 heavy (non-hydrogen) atoms. The monoisotopic (exact) mass is 598 g/mol. The van der Waals surface area contributed by atoms with E-state index in [0.29, 0.717) is 11.3 Å². The Morgan fingerprint density at radius 1 is 1.16 bits per heavy atom. The molecule has 0 saturated heterocycles. The van der Waals surface area contributed by atoms with Crippen molar-refractivity contribution in [2.75, 3.05) is 46.2 Å². The highest BCUT2D eigenvalue weighted by atomic mass is 16.6. The number of aliphatic hydroxyl groups excluding tert-OH is 1. The lowest BCUT2D eigenvalue weighted by molar-refractivity contribution is -0.163. The fourth-order valence-corrected chi connectivity index (χ4v) is 6.86. The number of phenolic OH excluding ortho intramolecular Hbond substituents is 1. The molecule has 5 atom stereocenters. The Balaban J connectivity index is 1.88. The number of amides is 2. The van der Waals surface area contributed by atoms with E-state index in [1.807, 2.05) is 0 Å². The van der Waals surface area contributed by atoms with E-state index in [1.54, 1.807) is 32.0 Å². The summed E-state index contributed by atoms with van der Waals surface area (Å²) in [6.45, 7) is 5.40. The van der Waals surface area contributed by atoms with Crippen LogP contribution in [0.15, 0.2) is 30.1 Å². The molecule has 13 heteroatoms. The fourth-order valence-electron chi connectivity index (χ4n) is 6.86. The topological polar surface area (TPSA) is 191 Å². The Bertz CT molecular complexity index is 1450. The number of nitrogens with two attached hydrogens (primary N) is 1. The van der Waals surface area contributed by atoms with Crippen LogP contribution in [-0.4, -0.2) is 107 Å². The van der Waals surface area contributed by atoms with Gasteiger partial charge in [-0.05, 0) is 51.4 Å². The van der Waals surface area contributed by atoms with Crippen molar-refractivity contribution in [3.8, 4) is 5.75 Å². The third kappa shape index (κ3) is 4.85. The zero-order chi connectivity index (χ0) is 32.1. The van der Waals surface area contributed by atoms with E-state index in [1.165, 1.54) is 30.0 Å². The van der Waals surface area contributed by atoms with Crippen LogP contribution in [-0.2, 0) is 32.1 Å². The fraction of sp³-hybridized carbons (Fsp3) is 0.500. The van der Waals surface area contributed by atoms with Gasteiger partial charge in [0.15, 0.2) is 23.0 Å². The minimum absolute atomic E-state index is 0.0197. The summed E-state index contributed by atoms with van der Waals surface area (Å²) >= 11 is 0. The Hall–Kier alpha value is -4.23. The van der Waals surface area contributed by atoms with Gasteiger partial charge in [0.25, 0.3) is 5.91 Å². The van der Waals surface area contributed by atoms with E-state index < -0.39 is 75.8 Å². The van der Waals surface area contributed by atoms with Gasteiger partial charge < -0.3 is 35.6 Å². The van der Waals surface area contributed by atoms with Crippen molar-refractivity contribution in [3.05, 3.63) is 46.7 Å². The summed E-state index contributed by atoms with van der Waals surface area (Å²) in [5.41, 5.74) is 2.91. The molecule has 0 heterocycles. The van der Waals surface area contributed by atoms with Gasteiger partial charge in [0, 0.05) is 37.8 Å². The molecule has 1 aromatic carbocycles. The molecule has 232 valence electrons. The zero-order valence-electron chi connectivity index (χ0n) is 24.9. The Labute approximate surface area is 249 Å². The number of benzene rings is 1. The standard InChI is InChI=1S/C30H38N4O9/c1-7-9-34(29(41)43-8-2)13-15-12-18(32(3)4)16-10-14-11-17-22(33(5)6)25(37)21(28(31)40)27(39)30(17,42)26(38)19(14)24(36)20(16)23(15)35/h7,12,14,17,19,22,35,39,42H,1,8-11,13H2,2-6H3,(H2,31,40)/t14?,17?,19?,22-,30-/m0/s1. The predicted octanol–water partition coefficient (Wildman–Crippen LogP) is 0.704. The average Bonchev–Trinajstić information content (AvgIpc) is 2.91. The number of carbonyl (C=O) groups is 5. The zero-order valence-corrected chi connectivity index (χ0v) is 24.9. The van der Waals surface area contributed by atoms with Crippen molar-refractivity contribution in [1.82, 2.24) is 9.80 Å². The number of hydrogen-bond donors (Lipinski definition) is 4. The van der Waals surface area contributed by atoms with Crippen molar-refractivity contribution in [3.63, 3.8) is 0 Å². The number of primary amides is 1. The highest BCUT2D eigenvalue weighted by Gasteiger charge is 2.66. The second-order valence-electron chi connectivity index (χ2n) is 11.7. The molecule has 0 radical (unpaired) electrons. The minimum atomic E-state index is -2.73. The average molecular weight is 599 g/mol. The number of carbonyl (C=O) groups excluding carboxylic acids is 5. The first-order chi connectivity index (χ1) is 20.1. The van der Waals surface area contributed by atoms with Crippen LogP contribution < -0.4 is 10.6 Å². The first kappa shape index (κ1) is 31.7. The van der Waals surface area contributed by atoms with Gasteiger partial charge >= 0.3 is 6.09 Å². The van der Waals surface area contributed by atoms with E-state index >= 15 is 0 Å². The van der Waals surface area contributed by atoms with Crippen LogP contribution in [0.1, 0.15) is 34.8 Å². The van der Waals surface area contributed by atoms with Crippen molar-refractivity contribution < 1.29 is 44.0 Å². The van der Waals surface area contributed by atoms with Crippen LogP contribution in [0.25, 0.3) is 0 Å². The third-order valence-corrected chi connectivity index (χ3v) is 8.70. The molecule has 0 bridgehead atoms. The molecule has 0 spiro atoms. The number of rotatable bonds is 8. The largest absolute Gasteiger partial charge is 0.508 e. The van der Waals surface area contributed by atoms with Crippen molar-refractivity contribution in [1.29, 1.82) is 0 Å². The van der Waals surface area contributed by atoms with Gasteiger partial charge in [-0.3, -0.25) is 24.1 Å². The van der Waals surface area contributed by atoms with Crippen molar-refractivity contribution in [2.24, 2.45) is 23.5 Å². The van der Waals surface area contributed by atoms with E-state index in [-0.39, 0.29) is 43.7 Å². The van der Waals surface area contributed by atoms with E-state index in [4.69, 9.17) is 10.5 Å². The Morgan fingerprint density at radius 2 is 1.81 bits per heavy atom. The summed E-state index contributed by atoms with van der Waals surface area (Å²) in [4.78, 5) is 70.8. The van der Waals surface area contributed by atoms with Gasteiger partial charge in [-0.15, -0.1) is 6.58 Å². The van der Waals surface area contributed by atoms with Gasteiger partial charge in [-0.1, -0.05) is 6.08 Å². The van der Waals surface area contributed by atoms with Crippen LogP contribution in [0.4, 0.5) is 10.5 Å². The summed E-state index contributed by atoms with van der Waals surface area (Å²) in [6, 6.07) is 0.492. The molecular weight excluding hydrogens is 560 g/mol. The predicted molar refractivity (Wildman–Crippen MR) is 154 cm³/mol. The van der Waals surface area contributed by atoms with Crippen molar-refractivity contribution >= 4 is 35.0 Å². The molecule has 2 amide bonds. The smallest absolute Gasteiger partial charge is 0.410 e. The number of fused-ring (bicyclic) bond motifs is 3. The minimum Gasteiger partial charge on any atom is -0.508 e. The van der Waals surface area contributed by atoms with Gasteiger partial charge in [0.05, 0.1) is 30.7 Å². The van der Waals surface area contributed by atoms with E-state index in [2.05, 4.69) is 6.58 Å². The normalized spacial score (nSPS) is 26.4. The molecule has 3 aliphatic rings. The van der Waals surface area contributed by atoms with Crippen LogP contribution in [0.2, 0.25) is 0 Å². The lowest BCUT2D eigenvalue weighted by atomic mass is 9.54. The maximum absolute atomic E-state index is 14.2. The molecule has 1 saturated carbocycles. The number of aromatic hydroxyl groups is 1. The van der Waals surface area contributed by atoms with Crippen LogP contribution in [0.5, 0.6) is 5.75 Å². The second kappa shape index (κ2) is 11.5. The number of Topliss-reactive ketones (excluding diaryl/α,β-unsaturated/α-hetero) is 3. The third-order valence-electron chi connectivity index (χ3n) is 8.70. The molecule has 1 aromatic rings. The molecule has 3 aliphatic carbocycles. The molecular formula is C30H38N4O9. The van der Waals surface area contributed by atoms with Crippen LogP contribution >= 0.6 is 0 Å². The maximum Gasteiger partial charge on any atom is 0.410 e. The summed E-state index contributed by atoms with van der Waals surface area (Å²) in [5.74, 6) is -8.90. The van der Waals surface area contributed by atoms with Gasteiger partial charge in [-0.25, -0.2) is 4.79 Å². The van der Waals surface area contributed by atoms with E-state index in [0.717, 1.165) is 0 Å². The summed E-state index contributed by atoms with van der Waals surface area (Å²) in [5, 5.41) is 34.3. The SMILES string of the molecule is C=CCN(Cc1cc(N(C)C)c2c(c1O)C(=O)C1C(=O)[C@]3(O)C(O)=C(C(N)=O)C(=O)[C@@H](N(C)C)C3CC1C2)C(=O)OCC. The molecule has 3 unspecified atom stereocenters. The molecule has 5 N–H and O–H groups in total. The number of anilines is 1. The molecule has 0 aromatic heterocycles. The number of likely N-dealkylation sites (N-methyl/N-ethyl adjacent to an activating group) is 1. The van der Waals surface area contributed by atoms with E-state index in [9.17, 15) is 39.3 Å². The highest BCUT2D eigenvalue weighted by Crippen LogP contribution is 2.53. The summed E-state index contributed by atoms with van der Waals surface area (Å²) < 4.78 is 5.11. The summed E-state index contributed by atoms with van der Waals surface area (Å²) in [6.07, 6.45) is 0.959. The van der Waals surface area contributed by atoms with Gasteiger partial charge in [-0.2, -0.15) is 0 Å². The molecule has 1 fully saturated rings.